The Bertz CT molecular complexity index is 746. The second kappa shape index (κ2) is 9.05. The number of rotatable bonds is 7. The zero-order valence-corrected chi connectivity index (χ0v) is 16.1. The molecule has 1 heterocycles. The van der Waals surface area contributed by atoms with Gasteiger partial charge in [0.2, 0.25) is 5.91 Å². The lowest BCUT2D eigenvalue weighted by molar-refractivity contribution is -0.137. The van der Waals surface area contributed by atoms with E-state index < -0.39 is 5.41 Å². The van der Waals surface area contributed by atoms with Crippen molar-refractivity contribution >= 4 is 5.91 Å². The highest BCUT2D eigenvalue weighted by Gasteiger charge is 2.42. The van der Waals surface area contributed by atoms with Gasteiger partial charge in [-0.3, -0.25) is 4.79 Å². The van der Waals surface area contributed by atoms with Crippen LogP contribution in [0.15, 0.2) is 54.6 Å². The van der Waals surface area contributed by atoms with Gasteiger partial charge in [0.1, 0.15) is 12.4 Å². The van der Waals surface area contributed by atoms with E-state index in [2.05, 4.69) is 6.92 Å². The largest absolute Gasteiger partial charge is 0.489 e. The van der Waals surface area contributed by atoms with Gasteiger partial charge < -0.3 is 14.7 Å². The number of nitrogens with zero attached hydrogens (tertiary/aromatic N) is 1. The Morgan fingerprint density at radius 3 is 2.67 bits per heavy atom. The number of amides is 1. The van der Waals surface area contributed by atoms with Crippen LogP contribution in [0.2, 0.25) is 0 Å². The highest BCUT2D eigenvalue weighted by molar-refractivity contribution is 5.88. The third-order valence-corrected chi connectivity index (χ3v) is 5.59. The summed E-state index contributed by atoms with van der Waals surface area (Å²) in [5.41, 5.74) is 1.61. The van der Waals surface area contributed by atoms with Crippen LogP contribution in [0, 0.1) is 0 Å². The summed E-state index contributed by atoms with van der Waals surface area (Å²) in [7, 11) is 0. The van der Waals surface area contributed by atoms with Crippen LogP contribution in [0.5, 0.6) is 5.75 Å². The summed E-state index contributed by atoms with van der Waals surface area (Å²) in [6.45, 7) is 3.73. The van der Waals surface area contributed by atoms with E-state index in [1.54, 1.807) is 0 Å². The molecule has 2 aromatic rings. The third-order valence-electron chi connectivity index (χ3n) is 5.59. The minimum absolute atomic E-state index is 0.00572. The number of β-amino-alcohol motifs (C(OH)–C–C–N with tert-alkyl or cyclic N) is 1. The molecule has 4 nitrogen and oxygen atoms in total. The Morgan fingerprint density at radius 1 is 1.11 bits per heavy atom. The molecule has 1 N–H and O–H groups in total. The first-order valence-electron chi connectivity index (χ1n) is 9.87. The first kappa shape index (κ1) is 19.4. The first-order chi connectivity index (χ1) is 13.2. The van der Waals surface area contributed by atoms with Crippen molar-refractivity contribution in [1.82, 2.24) is 4.90 Å². The molecule has 1 fully saturated rings. The van der Waals surface area contributed by atoms with Crippen LogP contribution in [0.25, 0.3) is 0 Å². The fraction of sp³-hybridized carbons (Fsp3) is 0.435. The summed E-state index contributed by atoms with van der Waals surface area (Å²) in [4.78, 5) is 15.2. The number of hydrogen-bond acceptors (Lipinski definition) is 3. The van der Waals surface area contributed by atoms with E-state index in [1.165, 1.54) is 0 Å². The fourth-order valence-electron chi connectivity index (χ4n) is 4.00. The third kappa shape index (κ3) is 4.33. The van der Waals surface area contributed by atoms with E-state index in [1.807, 2.05) is 59.5 Å². The molecule has 27 heavy (non-hydrogen) atoms. The van der Waals surface area contributed by atoms with Crippen molar-refractivity contribution in [1.29, 1.82) is 0 Å². The summed E-state index contributed by atoms with van der Waals surface area (Å²) >= 11 is 0. The number of benzene rings is 2. The number of aliphatic hydroxyl groups is 1. The summed E-state index contributed by atoms with van der Waals surface area (Å²) in [6, 6.07) is 18.1. The predicted octanol–water partition coefficient (Wildman–Crippen LogP) is 3.92. The summed E-state index contributed by atoms with van der Waals surface area (Å²) in [6.07, 6.45) is 3.58. The molecule has 1 saturated heterocycles. The van der Waals surface area contributed by atoms with Gasteiger partial charge in [-0.1, -0.05) is 55.8 Å². The molecule has 0 bridgehead atoms. The van der Waals surface area contributed by atoms with Crippen molar-refractivity contribution in [2.75, 3.05) is 19.7 Å². The predicted molar refractivity (Wildman–Crippen MR) is 107 cm³/mol. The second-order valence-corrected chi connectivity index (χ2v) is 7.21. The maximum Gasteiger partial charge on any atom is 0.233 e. The van der Waals surface area contributed by atoms with Crippen molar-refractivity contribution in [3.8, 4) is 5.75 Å². The van der Waals surface area contributed by atoms with Crippen molar-refractivity contribution < 1.29 is 14.6 Å². The lowest BCUT2D eigenvalue weighted by atomic mass is 9.73. The van der Waals surface area contributed by atoms with Crippen LogP contribution in [-0.2, 0) is 16.8 Å². The van der Waals surface area contributed by atoms with Crippen molar-refractivity contribution in [2.24, 2.45) is 0 Å². The van der Waals surface area contributed by atoms with Gasteiger partial charge in [-0.15, -0.1) is 0 Å². The number of likely N-dealkylation sites (tertiary alicyclic amines) is 1. The van der Waals surface area contributed by atoms with Gasteiger partial charge in [0, 0.05) is 13.1 Å². The van der Waals surface area contributed by atoms with Crippen molar-refractivity contribution in [3.05, 3.63) is 65.7 Å². The molecule has 0 aromatic heterocycles. The van der Waals surface area contributed by atoms with E-state index in [0.717, 1.165) is 49.1 Å². The van der Waals surface area contributed by atoms with E-state index >= 15 is 0 Å². The van der Waals surface area contributed by atoms with Gasteiger partial charge in [0.05, 0.1) is 12.0 Å². The molecule has 0 aliphatic carbocycles. The number of aliphatic hydroxyl groups excluding tert-OH is 1. The molecule has 1 unspecified atom stereocenters. The molecule has 0 radical (unpaired) electrons. The second-order valence-electron chi connectivity index (χ2n) is 7.21. The van der Waals surface area contributed by atoms with Gasteiger partial charge in [-0.25, -0.2) is 0 Å². The average Bonchev–Trinajstić information content (AvgIpc) is 2.88. The maximum absolute atomic E-state index is 13.4. The molecule has 0 spiro atoms. The first-order valence-corrected chi connectivity index (χ1v) is 9.87. The highest BCUT2D eigenvalue weighted by atomic mass is 16.5. The minimum atomic E-state index is -0.530. The molecule has 144 valence electrons. The molecule has 1 aliphatic rings. The van der Waals surface area contributed by atoms with Gasteiger partial charge in [-0.2, -0.15) is 0 Å². The molecule has 0 saturated carbocycles. The van der Waals surface area contributed by atoms with Crippen LogP contribution < -0.4 is 4.74 Å². The molecular formula is C23H29NO3. The Hall–Kier alpha value is -2.33. The normalized spacial score (nSPS) is 20.4. The molecule has 1 amide bonds. The highest BCUT2D eigenvalue weighted by Crippen LogP contribution is 2.39. The summed E-state index contributed by atoms with van der Waals surface area (Å²) in [5, 5.41) is 9.35. The average molecular weight is 367 g/mol. The molecular weight excluding hydrogens is 338 g/mol. The molecule has 4 heteroatoms. The van der Waals surface area contributed by atoms with Gasteiger partial charge in [0.15, 0.2) is 0 Å². The number of carbonyl (C=O) groups excluding carboxylic acids is 1. The molecule has 3 rings (SSSR count). The van der Waals surface area contributed by atoms with Gasteiger partial charge in [0.25, 0.3) is 0 Å². The van der Waals surface area contributed by atoms with E-state index in [0.29, 0.717) is 13.2 Å². The Labute approximate surface area is 161 Å². The van der Waals surface area contributed by atoms with E-state index in [9.17, 15) is 9.90 Å². The number of ether oxygens (including phenoxy) is 1. The quantitative estimate of drug-likeness (QED) is 0.807. The number of hydrogen-bond donors (Lipinski definition) is 1. The lowest BCUT2D eigenvalue weighted by Gasteiger charge is -2.35. The van der Waals surface area contributed by atoms with Crippen molar-refractivity contribution in [2.45, 2.75) is 44.6 Å². The van der Waals surface area contributed by atoms with E-state index in [-0.39, 0.29) is 12.5 Å². The minimum Gasteiger partial charge on any atom is -0.489 e. The Balaban J connectivity index is 1.84. The van der Waals surface area contributed by atoms with E-state index in [4.69, 9.17) is 4.74 Å². The molecule has 1 atom stereocenters. The van der Waals surface area contributed by atoms with Crippen LogP contribution in [0.3, 0.4) is 0 Å². The smallest absolute Gasteiger partial charge is 0.233 e. The van der Waals surface area contributed by atoms with Gasteiger partial charge >= 0.3 is 0 Å². The molecule has 1 aliphatic heterocycles. The monoisotopic (exact) mass is 367 g/mol. The lowest BCUT2D eigenvalue weighted by Crippen LogP contribution is -2.46. The van der Waals surface area contributed by atoms with Crippen LogP contribution in [-0.4, -0.2) is 35.6 Å². The number of carbonyl (C=O) groups is 1. The fourth-order valence-corrected chi connectivity index (χ4v) is 4.00. The zero-order chi connectivity index (χ0) is 19.1. The Kier molecular flexibility index (Phi) is 6.51. The van der Waals surface area contributed by atoms with Gasteiger partial charge in [-0.05, 0) is 42.5 Å². The SMILES string of the molecule is CCC1(c2cccc(OCc3ccccc3)c2)CCCCN(CCO)C1=O. The maximum atomic E-state index is 13.4. The van der Waals surface area contributed by atoms with Crippen molar-refractivity contribution in [3.63, 3.8) is 0 Å². The standard InChI is InChI=1S/C23H29NO3/c1-2-23(13-6-7-14-24(15-16-25)22(23)26)20-11-8-12-21(17-20)27-18-19-9-4-3-5-10-19/h3-5,8-12,17,25H,2,6-7,13-16,18H2,1H3. The summed E-state index contributed by atoms with van der Waals surface area (Å²) in [5.74, 6) is 0.923. The van der Waals surface area contributed by atoms with Crippen LogP contribution >= 0.6 is 0 Å². The zero-order valence-electron chi connectivity index (χ0n) is 16.1. The van der Waals surface area contributed by atoms with Crippen LogP contribution in [0.4, 0.5) is 0 Å². The summed E-state index contributed by atoms with van der Waals surface area (Å²) < 4.78 is 5.99. The topological polar surface area (TPSA) is 49.8 Å². The Morgan fingerprint density at radius 2 is 1.93 bits per heavy atom. The van der Waals surface area contributed by atoms with Crippen LogP contribution in [0.1, 0.15) is 43.7 Å². The molecule has 2 aromatic carbocycles.